The molecule has 1 aromatic heterocycles. The van der Waals surface area contributed by atoms with Crippen molar-refractivity contribution in [2.75, 3.05) is 0 Å². The van der Waals surface area contributed by atoms with E-state index in [1.807, 2.05) is 23.7 Å². The minimum Gasteiger partial charge on any atom is -0.282 e. The average Bonchev–Trinajstić information content (AvgIpc) is 2.86. The van der Waals surface area contributed by atoms with Gasteiger partial charge in [-0.25, -0.2) is 4.68 Å². The SMILES string of the molecule is Cc1ccccc1-c1c(C)c(=O)n2n1CCC2. The van der Waals surface area contributed by atoms with Gasteiger partial charge in [-0.2, -0.15) is 0 Å². The van der Waals surface area contributed by atoms with Crippen LogP contribution in [0.2, 0.25) is 0 Å². The van der Waals surface area contributed by atoms with Crippen LogP contribution in [0.25, 0.3) is 11.3 Å². The van der Waals surface area contributed by atoms with Gasteiger partial charge >= 0.3 is 0 Å². The lowest BCUT2D eigenvalue weighted by molar-refractivity contribution is 0.599. The average molecular weight is 228 g/mol. The molecule has 1 aliphatic rings. The molecular formula is C14H16N2O. The van der Waals surface area contributed by atoms with Crippen molar-refractivity contribution in [3.63, 3.8) is 0 Å². The Bertz CT molecular complexity index is 634. The molecule has 2 aromatic rings. The smallest absolute Gasteiger partial charge is 0.270 e. The van der Waals surface area contributed by atoms with Gasteiger partial charge < -0.3 is 0 Å². The number of rotatable bonds is 1. The third-order valence-electron chi connectivity index (χ3n) is 3.60. The van der Waals surface area contributed by atoms with E-state index in [4.69, 9.17) is 0 Å². The van der Waals surface area contributed by atoms with Crippen molar-refractivity contribution in [2.45, 2.75) is 33.4 Å². The van der Waals surface area contributed by atoms with E-state index >= 15 is 0 Å². The van der Waals surface area contributed by atoms with Gasteiger partial charge in [0, 0.05) is 24.2 Å². The zero-order chi connectivity index (χ0) is 12.0. The second-order valence-corrected chi connectivity index (χ2v) is 4.69. The normalized spacial score (nSPS) is 14.0. The molecule has 0 atom stereocenters. The molecule has 1 aromatic carbocycles. The van der Waals surface area contributed by atoms with Crippen LogP contribution in [0, 0.1) is 13.8 Å². The van der Waals surface area contributed by atoms with E-state index in [2.05, 4.69) is 23.7 Å². The standard InChI is InChI=1S/C14H16N2O/c1-10-6-3-4-7-12(10)13-11(2)14(17)16-9-5-8-15(13)16/h3-4,6-7H,5,8-9H2,1-2H3. The van der Waals surface area contributed by atoms with Crippen LogP contribution < -0.4 is 5.56 Å². The Labute approximate surface area is 100 Å². The fourth-order valence-corrected chi connectivity index (χ4v) is 2.72. The first-order valence-corrected chi connectivity index (χ1v) is 6.06. The number of nitrogens with zero attached hydrogens (tertiary/aromatic N) is 2. The molecule has 3 rings (SSSR count). The summed E-state index contributed by atoms with van der Waals surface area (Å²) < 4.78 is 4.01. The highest BCUT2D eigenvalue weighted by Gasteiger charge is 2.22. The number of hydrogen-bond acceptors (Lipinski definition) is 1. The van der Waals surface area contributed by atoms with Gasteiger partial charge in [0.2, 0.25) is 0 Å². The third kappa shape index (κ3) is 1.38. The summed E-state index contributed by atoms with van der Waals surface area (Å²) in [6.07, 6.45) is 1.06. The molecule has 0 spiro atoms. The molecule has 3 nitrogen and oxygen atoms in total. The lowest BCUT2D eigenvalue weighted by Gasteiger charge is -2.09. The first-order valence-electron chi connectivity index (χ1n) is 6.06. The summed E-state index contributed by atoms with van der Waals surface area (Å²) in [4.78, 5) is 12.1. The molecule has 0 amide bonds. The molecule has 88 valence electrons. The van der Waals surface area contributed by atoms with Crippen LogP contribution in [0.3, 0.4) is 0 Å². The molecule has 0 radical (unpaired) electrons. The van der Waals surface area contributed by atoms with Gasteiger partial charge in [-0.05, 0) is 25.8 Å². The molecule has 0 saturated heterocycles. The summed E-state index contributed by atoms with van der Waals surface area (Å²) in [6, 6.07) is 8.27. The van der Waals surface area contributed by atoms with E-state index in [0.717, 1.165) is 30.8 Å². The van der Waals surface area contributed by atoms with E-state index in [1.165, 1.54) is 11.1 Å². The Morgan fingerprint density at radius 2 is 1.76 bits per heavy atom. The minimum atomic E-state index is 0.167. The van der Waals surface area contributed by atoms with Crippen LogP contribution in [0.5, 0.6) is 0 Å². The Hall–Kier alpha value is -1.77. The number of hydrogen-bond donors (Lipinski definition) is 0. The maximum absolute atomic E-state index is 12.1. The summed E-state index contributed by atoms with van der Waals surface area (Å²) in [5, 5.41) is 0. The van der Waals surface area contributed by atoms with Crippen LogP contribution in [-0.4, -0.2) is 9.36 Å². The largest absolute Gasteiger partial charge is 0.282 e. The van der Waals surface area contributed by atoms with Gasteiger partial charge in [-0.3, -0.25) is 9.48 Å². The number of fused-ring (bicyclic) bond motifs is 1. The van der Waals surface area contributed by atoms with Crippen molar-refractivity contribution in [2.24, 2.45) is 0 Å². The monoisotopic (exact) mass is 228 g/mol. The van der Waals surface area contributed by atoms with Gasteiger partial charge in [0.05, 0.1) is 5.69 Å². The minimum absolute atomic E-state index is 0.167. The van der Waals surface area contributed by atoms with E-state index in [-0.39, 0.29) is 5.56 Å². The molecule has 3 heteroatoms. The van der Waals surface area contributed by atoms with Gasteiger partial charge in [0.15, 0.2) is 0 Å². The molecule has 17 heavy (non-hydrogen) atoms. The molecule has 1 aliphatic heterocycles. The van der Waals surface area contributed by atoms with Crippen LogP contribution in [-0.2, 0) is 13.1 Å². The van der Waals surface area contributed by atoms with Crippen LogP contribution in [0.1, 0.15) is 17.5 Å². The molecule has 0 aliphatic carbocycles. The predicted octanol–water partition coefficient (Wildman–Crippen LogP) is 2.34. The highest BCUT2D eigenvalue weighted by Crippen LogP contribution is 2.27. The summed E-state index contributed by atoms with van der Waals surface area (Å²) >= 11 is 0. The van der Waals surface area contributed by atoms with Crippen LogP contribution in [0.4, 0.5) is 0 Å². The summed E-state index contributed by atoms with van der Waals surface area (Å²) in [6.45, 7) is 5.83. The Morgan fingerprint density at radius 1 is 1.06 bits per heavy atom. The van der Waals surface area contributed by atoms with Gasteiger partial charge in [0.1, 0.15) is 0 Å². The van der Waals surface area contributed by atoms with Crippen molar-refractivity contribution in [3.8, 4) is 11.3 Å². The maximum Gasteiger partial charge on any atom is 0.270 e. The van der Waals surface area contributed by atoms with Gasteiger partial charge in [-0.1, -0.05) is 24.3 Å². The molecule has 0 bridgehead atoms. The molecule has 0 saturated carbocycles. The van der Waals surface area contributed by atoms with E-state index in [1.54, 1.807) is 0 Å². The van der Waals surface area contributed by atoms with Crippen molar-refractivity contribution < 1.29 is 0 Å². The quantitative estimate of drug-likeness (QED) is 0.736. The Morgan fingerprint density at radius 3 is 2.53 bits per heavy atom. The third-order valence-corrected chi connectivity index (χ3v) is 3.60. The fraction of sp³-hybridized carbons (Fsp3) is 0.357. The second kappa shape index (κ2) is 3.62. The first kappa shape index (κ1) is 10.4. The molecule has 0 N–H and O–H groups in total. The molecule has 2 heterocycles. The van der Waals surface area contributed by atoms with Crippen LogP contribution >= 0.6 is 0 Å². The molecule has 0 unspecified atom stereocenters. The summed E-state index contributed by atoms with van der Waals surface area (Å²) in [5.74, 6) is 0. The topological polar surface area (TPSA) is 26.9 Å². The molecular weight excluding hydrogens is 212 g/mol. The van der Waals surface area contributed by atoms with Crippen molar-refractivity contribution in [3.05, 3.63) is 45.7 Å². The van der Waals surface area contributed by atoms with Crippen molar-refractivity contribution >= 4 is 0 Å². The van der Waals surface area contributed by atoms with Crippen molar-refractivity contribution in [1.82, 2.24) is 9.36 Å². The second-order valence-electron chi connectivity index (χ2n) is 4.69. The van der Waals surface area contributed by atoms with E-state index < -0.39 is 0 Å². The Kier molecular flexibility index (Phi) is 2.21. The molecule has 0 fully saturated rings. The van der Waals surface area contributed by atoms with E-state index in [0.29, 0.717) is 0 Å². The lowest BCUT2D eigenvalue weighted by Crippen LogP contribution is -2.17. The summed E-state index contributed by atoms with van der Waals surface area (Å²) in [7, 11) is 0. The predicted molar refractivity (Wildman–Crippen MR) is 68.2 cm³/mol. The van der Waals surface area contributed by atoms with Gasteiger partial charge in [-0.15, -0.1) is 0 Å². The van der Waals surface area contributed by atoms with Crippen LogP contribution in [0.15, 0.2) is 29.1 Å². The number of aromatic nitrogens is 2. The number of benzene rings is 1. The highest BCUT2D eigenvalue weighted by molar-refractivity contribution is 5.66. The van der Waals surface area contributed by atoms with E-state index in [9.17, 15) is 4.79 Å². The maximum atomic E-state index is 12.1. The zero-order valence-electron chi connectivity index (χ0n) is 10.2. The zero-order valence-corrected chi connectivity index (χ0v) is 10.2. The Balaban J connectivity index is 2.33. The van der Waals surface area contributed by atoms with Gasteiger partial charge in [0.25, 0.3) is 5.56 Å². The van der Waals surface area contributed by atoms with Crippen molar-refractivity contribution in [1.29, 1.82) is 0 Å². The lowest BCUT2D eigenvalue weighted by atomic mass is 10.0. The summed E-state index contributed by atoms with van der Waals surface area (Å²) in [5.41, 5.74) is 4.55. The first-order chi connectivity index (χ1) is 8.20. The number of aryl methyl sites for hydroxylation is 1. The fourth-order valence-electron chi connectivity index (χ4n) is 2.72. The highest BCUT2D eigenvalue weighted by atomic mass is 16.1.